The van der Waals surface area contributed by atoms with Gasteiger partial charge in [-0.25, -0.2) is 9.13 Å². The molecule has 0 amide bonds. The molecule has 0 radical (unpaired) electrons. The molecule has 0 aromatic rings. The van der Waals surface area contributed by atoms with Gasteiger partial charge >= 0.3 is 39.5 Å². The number of esters is 4. The lowest BCUT2D eigenvalue weighted by atomic mass is 10.0. The second-order valence-electron chi connectivity index (χ2n) is 22.9. The molecule has 0 saturated carbocycles. The topological polar surface area (TPSA) is 237 Å². The van der Waals surface area contributed by atoms with Crippen molar-refractivity contribution >= 4 is 39.5 Å². The molecule has 0 fully saturated rings. The van der Waals surface area contributed by atoms with Crippen LogP contribution in [0.5, 0.6) is 0 Å². The van der Waals surface area contributed by atoms with E-state index in [4.69, 9.17) is 37.0 Å². The maximum atomic E-state index is 12.9. The van der Waals surface area contributed by atoms with Gasteiger partial charge in [-0.1, -0.05) is 259 Å². The number of phosphoric ester groups is 2. The first-order chi connectivity index (χ1) is 39.0. The van der Waals surface area contributed by atoms with Crippen molar-refractivity contribution in [3.05, 3.63) is 0 Å². The highest BCUT2D eigenvalue weighted by atomic mass is 31.2. The highest BCUT2D eigenvalue weighted by molar-refractivity contribution is 7.47. The Bertz CT molecular complexity index is 1580. The summed E-state index contributed by atoms with van der Waals surface area (Å²) in [6.07, 6.45) is 38.9. The Morgan fingerprint density at radius 3 is 0.840 bits per heavy atom. The quantitative estimate of drug-likeness (QED) is 0.0222. The number of ether oxygens (including phenoxy) is 4. The summed E-state index contributed by atoms with van der Waals surface area (Å²) < 4.78 is 67.8. The van der Waals surface area contributed by atoms with Crippen molar-refractivity contribution in [3.8, 4) is 0 Å². The zero-order valence-corrected chi connectivity index (χ0v) is 53.7. The normalized spacial score (nSPS) is 14.3. The average molecular weight is 1200 g/mol. The summed E-state index contributed by atoms with van der Waals surface area (Å²) in [4.78, 5) is 72.0. The highest BCUT2D eigenvalue weighted by Crippen LogP contribution is 2.45. The molecule has 0 aliphatic rings. The smallest absolute Gasteiger partial charge is 0.462 e. The van der Waals surface area contributed by atoms with Crippen molar-refractivity contribution in [2.75, 3.05) is 39.6 Å². The number of hydrogen-bond acceptors (Lipinski definition) is 15. The van der Waals surface area contributed by atoms with Crippen LogP contribution in [-0.2, 0) is 65.4 Å². The Labute approximate surface area is 492 Å². The lowest BCUT2D eigenvalue weighted by Crippen LogP contribution is -2.30. The lowest BCUT2D eigenvalue weighted by molar-refractivity contribution is -0.161. The second kappa shape index (κ2) is 55.9. The fourth-order valence-electron chi connectivity index (χ4n) is 9.23. The van der Waals surface area contributed by atoms with Gasteiger partial charge in [0.1, 0.15) is 19.3 Å². The van der Waals surface area contributed by atoms with Crippen LogP contribution in [0.1, 0.15) is 311 Å². The summed E-state index contributed by atoms with van der Waals surface area (Å²) in [7, 11) is -9.88. The lowest BCUT2D eigenvalue weighted by Gasteiger charge is -2.21. The van der Waals surface area contributed by atoms with Gasteiger partial charge in [-0.3, -0.25) is 37.3 Å². The largest absolute Gasteiger partial charge is 0.472 e. The molecule has 480 valence electrons. The van der Waals surface area contributed by atoms with Crippen LogP contribution in [0.25, 0.3) is 0 Å². The molecule has 0 saturated heterocycles. The van der Waals surface area contributed by atoms with E-state index >= 15 is 0 Å². The summed E-state index contributed by atoms with van der Waals surface area (Å²) in [5.41, 5.74) is 0. The fraction of sp³-hybridized carbons (Fsp3) is 0.935. The molecular weight excluding hydrogens is 1080 g/mol. The number of hydrogen-bond donors (Lipinski definition) is 3. The number of aliphatic hydroxyl groups excluding tert-OH is 1. The third-order valence-electron chi connectivity index (χ3n) is 14.3. The first kappa shape index (κ1) is 79.1. The SMILES string of the molecule is CCCCCCCCCCCCCCCC(=O)O[C@H](COC(=O)CCCCCCCCCC(C)C)COP(=O)(O)OC[C@@H](O)COP(=O)(O)OC[C@@H](COC(=O)CCCCCCCCCCC)OC(=O)CCCCCCCCCCC. The van der Waals surface area contributed by atoms with E-state index in [1.54, 1.807) is 0 Å². The van der Waals surface area contributed by atoms with Gasteiger partial charge in [0.15, 0.2) is 12.2 Å². The molecule has 0 spiro atoms. The number of rotatable bonds is 62. The third-order valence-corrected chi connectivity index (χ3v) is 16.2. The van der Waals surface area contributed by atoms with E-state index in [1.807, 2.05) is 0 Å². The van der Waals surface area contributed by atoms with Gasteiger partial charge in [0, 0.05) is 25.7 Å². The van der Waals surface area contributed by atoms with Gasteiger partial charge in [0.25, 0.3) is 0 Å². The third kappa shape index (κ3) is 56.9. The Balaban J connectivity index is 5.22. The van der Waals surface area contributed by atoms with Crippen molar-refractivity contribution in [3.63, 3.8) is 0 Å². The van der Waals surface area contributed by atoms with E-state index in [9.17, 15) is 43.2 Å². The molecule has 2 unspecified atom stereocenters. The van der Waals surface area contributed by atoms with Gasteiger partial charge in [0.2, 0.25) is 0 Å². The molecular formula is C62H120O17P2. The molecule has 3 N–H and O–H groups in total. The van der Waals surface area contributed by atoms with Gasteiger partial charge in [-0.15, -0.1) is 0 Å². The Kier molecular flexibility index (Phi) is 54.6. The molecule has 17 nitrogen and oxygen atoms in total. The first-order valence-corrected chi connectivity index (χ1v) is 35.6. The predicted molar refractivity (Wildman–Crippen MR) is 322 cm³/mol. The highest BCUT2D eigenvalue weighted by Gasteiger charge is 2.30. The summed E-state index contributed by atoms with van der Waals surface area (Å²) in [6, 6.07) is 0. The number of carbonyl (C=O) groups excluding carboxylic acids is 4. The minimum atomic E-state index is -4.94. The summed E-state index contributed by atoms with van der Waals surface area (Å²) in [6.45, 7) is 7.10. The summed E-state index contributed by atoms with van der Waals surface area (Å²) >= 11 is 0. The van der Waals surface area contributed by atoms with E-state index in [0.29, 0.717) is 31.6 Å². The monoisotopic (exact) mass is 1200 g/mol. The molecule has 19 heteroatoms. The van der Waals surface area contributed by atoms with Gasteiger partial charge in [-0.2, -0.15) is 0 Å². The van der Waals surface area contributed by atoms with Gasteiger partial charge < -0.3 is 33.8 Å². The van der Waals surface area contributed by atoms with Crippen LogP contribution in [0.15, 0.2) is 0 Å². The van der Waals surface area contributed by atoms with Crippen molar-refractivity contribution in [1.82, 2.24) is 0 Å². The van der Waals surface area contributed by atoms with E-state index in [1.165, 1.54) is 128 Å². The van der Waals surface area contributed by atoms with Crippen LogP contribution in [-0.4, -0.2) is 96.7 Å². The van der Waals surface area contributed by atoms with E-state index in [2.05, 4.69) is 34.6 Å². The molecule has 0 aliphatic carbocycles. The van der Waals surface area contributed by atoms with E-state index in [-0.39, 0.29) is 25.7 Å². The zero-order chi connectivity index (χ0) is 59.9. The Hall–Kier alpha value is -1.94. The van der Waals surface area contributed by atoms with E-state index in [0.717, 1.165) is 96.3 Å². The van der Waals surface area contributed by atoms with E-state index < -0.39 is 97.5 Å². The standard InChI is InChI=1S/C62H120O17P2/c1-6-9-12-15-18-21-22-23-24-27-32-38-43-48-62(67)79-58(52-73-60(65)46-41-36-33-28-29-34-39-44-55(4)5)54-77-81(70,71)75-50-56(63)49-74-80(68,69)76-53-57(78-61(66)47-42-37-31-26-20-17-14-11-8-3)51-72-59(64)45-40-35-30-25-19-16-13-10-7-2/h55-58,63H,6-54H2,1-5H3,(H,68,69)(H,70,71)/t56-,57+,58+/m0/s1. The van der Waals surface area contributed by atoms with Crippen LogP contribution >= 0.6 is 15.6 Å². The Morgan fingerprint density at radius 2 is 0.568 bits per heavy atom. The summed E-state index contributed by atoms with van der Waals surface area (Å²) in [5.74, 6) is -1.43. The van der Waals surface area contributed by atoms with Crippen LogP contribution < -0.4 is 0 Å². The molecule has 81 heavy (non-hydrogen) atoms. The van der Waals surface area contributed by atoms with Crippen LogP contribution in [0.2, 0.25) is 0 Å². The zero-order valence-electron chi connectivity index (χ0n) is 51.9. The van der Waals surface area contributed by atoms with Crippen molar-refractivity contribution in [2.45, 2.75) is 329 Å². The number of carbonyl (C=O) groups is 4. The number of unbranched alkanes of at least 4 members (excludes halogenated alkanes) is 34. The fourth-order valence-corrected chi connectivity index (χ4v) is 10.8. The molecule has 0 rings (SSSR count). The average Bonchev–Trinajstić information content (AvgIpc) is 3.43. The molecule has 5 atom stereocenters. The maximum absolute atomic E-state index is 12.9. The van der Waals surface area contributed by atoms with Gasteiger partial charge in [-0.05, 0) is 31.6 Å². The first-order valence-electron chi connectivity index (χ1n) is 32.6. The van der Waals surface area contributed by atoms with Crippen molar-refractivity contribution in [1.29, 1.82) is 0 Å². The van der Waals surface area contributed by atoms with Crippen LogP contribution in [0.4, 0.5) is 0 Å². The Morgan fingerprint density at radius 1 is 0.333 bits per heavy atom. The predicted octanol–water partition coefficient (Wildman–Crippen LogP) is 17.0. The maximum Gasteiger partial charge on any atom is 0.472 e. The molecule has 0 aromatic carbocycles. The molecule has 0 aliphatic heterocycles. The van der Waals surface area contributed by atoms with Crippen molar-refractivity contribution < 1.29 is 80.2 Å². The molecule has 0 aromatic heterocycles. The minimum Gasteiger partial charge on any atom is -0.462 e. The molecule has 0 bridgehead atoms. The number of aliphatic hydroxyl groups is 1. The molecule has 0 heterocycles. The second-order valence-corrected chi connectivity index (χ2v) is 25.8. The van der Waals surface area contributed by atoms with Crippen LogP contribution in [0.3, 0.4) is 0 Å². The van der Waals surface area contributed by atoms with Crippen molar-refractivity contribution in [2.24, 2.45) is 5.92 Å². The summed E-state index contributed by atoms with van der Waals surface area (Å²) in [5, 5.41) is 10.5. The minimum absolute atomic E-state index is 0.106. The van der Waals surface area contributed by atoms with Gasteiger partial charge in [0.05, 0.1) is 26.4 Å². The van der Waals surface area contributed by atoms with Crippen LogP contribution in [0, 0.1) is 5.92 Å². The number of phosphoric acid groups is 2.